The van der Waals surface area contributed by atoms with Crippen molar-refractivity contribution in [2.75, 3.05) is 5.73 Å². The number of halogens is 1. The molecule has 0 amide bonds. The summed E-state index contributed by atoms with van der Waals surface area (Å²) in [5.41, 5.74) is 8.91. The number of aliphatic hydroxyl groups is 1. The van der Waals surface area contributed by atoms with E-state index in [1.807, 2.05) is 25.1 Å². The summed E-state index contributed by atoms with van der Waals surface area (Å²) in [6.45, 7) is 1.94. The number of nitrogens with two attached hydrogens (primary N) is 1. The molecule has 0 saturated carbocycles. The van der Waals surface area contributed by atoms with Crippen molar-refractivity contribution in [3.63, 3.8) is 0 Å². The van der Waals surface area contributed by atoms with Crippen molar-refractivity contribution in [3.8, 4) is 0 Å². The van der Waals surface area contributed by atoms with Crippen LogP contribution < -0.4 is 5.73 Å². The molecule has 3 N–H and O–H groups in total. The monoisotopic (exact) mass is 292 g/mol. The maximum atomic E-state index is 10.3. The van der Waals surface area contributed by atoms with E-state index >= 15 is 0 Å². The Hall–Kier alpha value is -1.39. The van der Waals surface area contributed by atoms with Gasteiger partial charge in [-0.25, -0.2) is 0 Å². The molecule has 0 fully saturated rings. The molecule has 0 aliphatic heterocycles. The van der Waals surface area contributed by atoms with Gasteiger partial charge in [0.1, 0.15) is 6.10 Å². The van der Waals surface area contributed by atoms with Gasteiger partial charge in [0.2, 0.25) is 0 Å². The quantitative estimate of drug-likeness (QED) is 0.837. The van der Waals surface area contributed by atoms with E-state index in [9.17, 15) is 5.11 Å². The second kappa shape index (κ2) is 4.85. The van der Waals surface area contributed by atoms with Crippen LogP contribution in [-0.2, 0) is 0 Å². The number of anilines is 1. The average Bonchev–Trinajstić information content (AvgIpc) is 2.32. The van der Waals surface area contributed by atoms with Gasteiger partial charge in [0.25, 0.3) is 0 Å². The summed E-state index contributed by atoms with van der Waals surface area (Å²) in [6.07, 6.45) is 2.62. The molecule has 0 bridgehead atoms. The molecule has 1 heterocycles. The molecular formula is C13H13BrN2O. The molecule has 1 aromatic carbocycles. The van der Waals surface area contributed by atoms with Crippen LogP contribution in [0.1, 0.15) is 22.8 Å². The molecular weight excluding hydrogens is 280 g/mol. The van der Waals surface area contributed by atoms with Gasteiger partial charge in [-0.1, -0.05) is 15.9 Å². The van der Waals surface area contributed by atoms with Gasteiger partial charge in [-0.05, 0) is 36.8 Å². The van der Waals surface area contributed by atoms with E-state index < -0.39 is 6.10 Å². The highest BCUT2D eigenvalue weighted by Crippen LogP contribution is 2.30. The molecule has 0 aliphatic rings. The van der Waals surface area contributed by atoms with Crippen molar-refractivity contribution in [1.82, 2.24) is 4.98 Å². The second-order valence-electron chi connectivity index (χ2n) is 3.91. The number of aryl methyl sites for hydroxylation is 1. The van der Waals surface area contributed by atoms with Crippen LogP contribution in [0.5, 0.6) is 0 Å². The third-order valence-electron chi connectivity index (χ3n) is 2.72. The van der Waals surface area contributed by atoms with Crippen molar-refractivity contribution in [1.29, 1.82) is 0 Å². The van der Waals surface area contributed by atoms with Crippen LogP contribution >= 0.6 is 15.9 Å². The number of hydrogen-bond acceptors (Lipinski definition) is 3. The van der Waals surface area contributed by atoms with Crippen molar-refractivity contribution < 1.29 is 5.11 Å². The summed E-state index contributed by atoms with van der Waals surface area (Å²) in [4.78, 5) is 4.03. The van der Waals surface area contributed by atoms with Crippen LogP contribution in [0.3, 0.4) is 0 Å². The first-order chi connectivity index (χ1) is 8.09. The molecule has 2 rings (SSSR count). The molecule has 0 spiro atoms. The summed E-state index contributed by atoms with van der Waals surface area (Å²) in [7, 11) is 0. The van der Waals surface area contributed by atoms with Crippen LogP contribution in [0.2, 0.25) is 0 Å². The van der Waals surface area contributed by atoms with Crippen LogP contribution in [0.4, 0.5) is 5.69 Å². The molecule has 4 heteroatoms. The Morgan fingerprint density at radius 2 is 2.06 bits per heavy atom. The van der Waals surface area contributed by atoms with E-state index in [1.165, 1.54) is 0 Å². The molecule has 17 heavy (non-hydrogen) atoms. The first-order valence-electron chi connectivity index (χ1n) is 5.23. The lowest BCUT2D eigenvalue weighted by Crippen LogP contribution is -2.05. The largest absolute Gasteiger partial charge is 0.398 e. The second-order valence-corrected chi connectivity index (χ2v) is 4.82. The van der Waals surface area contributed by atoms with Crippen molar-refractivity contribution in [2.45, 2.75) is 13.0 Å². The maximum Gasteiger partial charge on any atom is 0.108 e. The van der Waals surface area contributed by atoms with Crippen molar-refractivity contribution >= 4 is 21.6 Å². The maximum absolute atomic E-state index is 10.3. The molecule has 88 valence electrons. The van der Waals surface area contributed by atoms with E-state index in [0.717, 1.165) is 15.6 Å². The SMILES string of the molecule is Cc1ccncc1C(O)c1cc(Br)ccc1N. The summed E-state index contributed by atoms with van der Waals surface area (Å²) in [6, 6.07) is 7.31. The highest BCUT2D eigenvalue weighted by Gasteiger charge is 2.15. The lowest BCUT2D eigenvalue weighted by molar-refractivity contribution is 0.220. The molecule has 1 unspecified atom stereocenters. The van der Waals surface area contributed by atoms with Gasteiger partial charge in [0.15, 0.2) is 0 Å². The Morgan fingerprint density at radius 3 is 2.76 bits per heavy atom. The molecule has 1 atom stereocenters. The standard InChI is InChI=1S/C13H13BrN2O/c1-8-4-5-16-7-11(8)13(17)10-6-9(14)2-3-12(10)15/h2-7,13,17H,15H2,1H3. The van der Waals surface area contributed by atoms with Gasteiger partial charge >= 0.3 is 0 Å². The molecule has 0 aliphatic carbocycles. The van der Waals surface area contributed by atoms with E-state index in [-0.39, 0.29) is 0 Å². The molecule has 0 radical (unpaired) electrons. The van der Waals surface area contributed by atoms with Gasteiger partial charge in [-0.3, -0.25) is 4.98 Å². The van der Waals surface area contributed by atoms with Gasteiger partial charge in [-0.2, -0.15) is 0 Å². The smallest absolute Gasteiger partial charge is 0.108 e. The Bertz CT molecular complexity index is 543. The summed E-state index contributed by atoms with van der Waals surface area (Å²) in [5, 5.41) is 10.3. The van der Waals surface area contributed by atoms with E-state index in [0.29, 0.717) is 11.3 Å². The number of nitrogen functional groups attached to an aromatic ring is 1. The predicted molar refractivity (Wildman–Crippen MR) is 71.6 cm³/mol. The Morgan fingerprint density at radius 1 is 1.29 bits per heavy atom. The number of pyridine rings is 1. The first-order valence-corrected chi connectivity index (χ1v) is 6.02. The fraction of sp³-hybridized carbons (Fsp3) is 0.154. The normalized spacial score (nSPS) is 12.4. The first kappa shape index (κ1) is 12.1. The van der Waals surface area contributed by atoms with Crippen LogP contribution in [0, 0.1) is 6.92 Å². The Kier molecular flexibility index (Phi) is 3.45. The molecule has 0 saturated heterocycles. The van der Waals surface area contributed by atoms with Gasteiger partial charge < -0.3 is 10.8 Å². The molecule has 3 nitrogen and oxygen atoms in total. The number of hydrogen-bond donors (Lipinski definition) is 2. The zero-order valence-corrected chi connectivity index (χ0v) is 11.0. The number of aromatic nitrogens is 1. The van der Waals surface area contributed by atoms with Gasteiger partial charge in [-0.15, -0.1) is 0 Å². The van der Waals surface area contributed by atoms with Crippen LogP contribution in [0.25, 0.3) is 0 Å². The Labute approximate surface area is 108 Å². The minimum absolute atomic E-state index is 0.573. The minimum Gasteiger partial charge on any atom is -0.398 e. The van der Waals surface area contributed by atoms with Gasteiger partial charge in [0.05, 0.1) is 0 Å². The number of benzene rings is 1. The summed E-state index contributed by atoms with van der Waals surface area (Å²) >= 11 is 3.37. The van der Waals surface area contributed by atoms with Crippen molar-refractivity contribution in [3.05, 3.63) is 57.8 Å². The third kappa shape index (κ3) is 2.48. The molecule has 2 aromatic rings. The minimum atomic E-state index is -0.749. The lowest BCUT2D eigenvalue weighted by atomic mass is 9.98. The fourth-order valence-corrected chi connectivity index (χ4v) is 2.09. The van der Waals surface area contributed by atoms with Gasteiger partial charge in [0, 0.05) is 33.7 Å². The zero-order chi connectivity index (χ0) is 12.4. The highest BCUT2D eigenvalue weighted by molar-refractivity contribution is 9.10. The lowest BCUT2D eigenvalue weighted by Gasteiger charge is -2.15. The van der Waals surface area contributed by atoms with Crippen LogP contribution in [0.15, 0.2) is 41.1 Å². The van der Waals surface area contributed by atoms with E-state index in [4.69, 9.17) is 5.73 Å². The predicted octanol–water partition coefficient (Wildman–Crippen LogP) is 2.82. The van der Waals surface area contributed by atoms with E-state index in [2.05, 4.69) is 20.9 Å². The summed E-state index contributed by atoms with van der Waals surface area (Å²) < 4.78 is 0.891. The Balaban J connectivity index is 2.47. The average molecular weight is 293 g/mol. The number of rotatable bonds is 2. The topological polar surface area (TPSA) is 59.1 Å². The third-order valence-corrected chi connectivity index (χ3v) is 3.21. The van der Waals surface area contributed by atoms with Crippen molar-refractivity contribution in [2.24, 2.45) is 0 Å². The van der Waals surface area contributed by atoms with E-state index in [1.54, 1.807) is 18.5 Å². The summed E-state index contributed by atoms with van der Waals surface area (Å²) in [5.74, 6) is 0. The van der Waals surface area contributed by atoms with Crippen LogP contribution in [-0.4, -0.2) is 10.1 Å². The highest BCUT2D eigenvalue weighted by atomic mass is 79.9. The molecule has 1 aromatic heterocycles. The number of nitrogens with zero attached hydrogens (tertiary/aromatic N) is 1. The fourth-order valence-electron chi connectivity index (χ4n) is 1.71. The zero-order valence-electron chi connectivity index (χ0n) is 9.39. The number of aliphatic hydroxyl groups excluding tert-OH is 1.